The molecule has 1 aliphatic carbocycles. The minimum Gasteiger partial charge on any atom is -0.389 e. The summed E-state index contributed by atoms with van der Waals surface area (Å²) < 4.78 is 0. The summed E-state index contributed by atoms with van der Waals surface area (Å²) in [7, 11) is 0. The Morgan fingerprint density at radius 1 is 1.29 bits per heavy atom. The Balaban J connectivity index is 2.94. The average Bonchev–Trinajstić information content (AvgIpc) is 2.36. The summed E-state index contributed by atoms with van der Waals surface area (Å²) in [4.78, 5) is 0. The van der Waals surface area contributed by atoms with E-state index in [1.54, 1.807) is 0 Å². The second-order valence-electron chi connectivity index (χ2n) is 6.47. The Hall–Kier alpha value is -1.60. The monoisotopic (exact) mass is 284 g/mol. The van der Waals surface area contributed by atoms with Gasteiger partial charge in [-0.1, -0.05) is 74.1 Å². The van der Waals surface area contributed by atoms with E-state index >= 15 is 0 Å². The van der Waals surface area contributed by atoms with Crippen molar-refractivity contribution in [1.29, 1.82) is 0 Å². The Bertz CT molecular complexity index is 536. The van der Waals surface area contributed by atoms with Crippen molar-refractivity contribution in [2.75, 3.05) is 0 Å². The van der Waals surface area contributed by atoms with Gasteiger partial charge in [-0.2, -0.15) is 0 Å². The van der Waals surface area contributed by atoms with E-state index in [1.165, 1.54) is 16.7 Å². The molecule has 1 N–H and O–H groups in total. The average molecular weight is 284 g/mol. The number of allylic oxidation sites excluding steroid dienone is 10. The molecule has 1 unspecified atom stereocenters. The van der Waals surface area contributed by atoms with Crippen molar-refractivity contribution in [3.05, 3.63) is 71.4 Å². The van der Waals surface area contributed by atoms with Gasteiger partial charge in [0.25, 0.3) is 0 Å². The molecule has 0 bridgehead atoms. The van der Waals surface area contributed by atoms with E-state index < -0.39 is 0 Å². The van der Waals surface area contributed by atoms with Crippen molar-refractivity contribution in [1.82, 2.24) is 0 Å². The zero-order valence-electron chi connectivity index (χ0n) is 14.0. The van der Waals surface area contributed by atoms with Gasteiger partial charge in [-0.25, -0.2) is 0 Å². The van der Waals surface area contributed by atoms with Crippen LogP contribution in [-0.2, 0) is 0 Å². The standard InChI is InChI=1S/C20H28O/c1-7-15(2)9-8-10-16(3)11-12-19-17(4)13-18(21)14-20(19,5)6/h7-13,18,21H,1,14H2,2-6H3. The lowest BCUT2D eigenvalue weighted by atomic mass is 9.72. The normalized spacial score (nSPS) is 25.3. The first-order valence-corrected chi connectivity index (χ1v) is 7.49. The number of aliphatic hydroxyl groups excluding tert-OH is 1. The number of rotatable bonds is 4. The van der Waals surface area contributed by atoms with Crippen molar-refractivity contribution in [3.63, 3.8) is 0 Å². The molecule has 0 aromatic rings. The second-order valence-corrected chi connectivity index (χ2v) is 6.47. The lowest BCUT2D eigenvalue weighted by Gasteiger charge is -2.34. The predicted molar refractivity (Wildman–Crippen MR) is 93.1 cm³/mol. The smallest absolute Gasteiger partial charge is 0.0734 e. The second kappa shape index (κ2) is 7.42. The number of hydrogen-bond acceptors (Lipinski definition) is 1. The molecule has 0 heterocycles. The van der Waals surface area contributed by atoms with E-state index in [-0.39, 0.29) is 11.5 Å². The van der Waals surface area contributed by atoms with E-state index in [1.807, 2.05) is 31.2 Å². The fourth-order valence-electron chi connectivity index (χ4n) is 2.65. The van der Waals surface area contributed by atoms with Crippen molar-refractivity contribution in [2.45, 2.75) is 47.1 Å². The summed E-state index contributed by atoms with van der Waals surface area (Å²) in [5, 5.41) is 9.86. The van der Waals surface area contributed by atoms with Crippen LogP contribution in [0.1, 0.15) is 41.0 Å². The number of aliphatic hydroxyl groups is 1. The molecule has 1 aliphatic rings. The molecule has 0 aliphatic heterocycles. The zero-order chi connectivity index (χ0) is 16.0. The Morgan fingerprint density at radius 2 is 1.95 bits per heavy atom. The molecule has 1 atom stereocenters. The van der Waals surface area contributed by atoms with E-state index in [4.69, 9.17) is 0 Å². The van der Waals surface area contributed by atoms with Crippen LogP contribution in [0.3, 0.4) is 0 Å². The summed E-state index contributed by atoms with van der Waals surface area (Å²) in [5.41, 5.74) is 4.84. The molecule has 1 rings (SSSR count). The molecule has 21 heavy (non-hydrogen) atoms. The van der Waals surface area contributed by atoms with Crippen LogP contribution in [0.2, 0.25) is 0 Å². The molecular weight excluding hydrogens is 256 g/mol. The lowest BCUT2D eigenvalue weighted by molar-refractivity contribution is 0.161. The van der Waals surface area contributed by atoms with Gasteiger partial charge >= 0.3 is 0 Å². The summed E-state index contributed by atoms with van der Waals surface area (Å²) in [6.45, 7) is 14.3. The van der Waals surface area contributed by atoms with Crippen molar-refractivity contribution in [2.24, 2.45) is 5.41 Å². The minimum absolute atomic E-state index is 0.0120. The first-order valence-electron chi connectivity index (χ1n) is 7.49. The summed E-state index contributed by atoms with van der Waals surface area (Å²) in [6, 6.07) is 0. The lowest BCUT2D eigenvalue weighted by Crippen LogP contribution is -2.26. The molecule has 1 nitrogen and oxygen atoms in total. The Morgan fingerprint density at radius 3 is 2.52 bits per heavy atom. The van der Waals surface area contributed by atoms with Crippen molar-refractivity contribution in [3.8, 4) is 0 Å². The van der Waals surface area contributed by atoms with Crippen LogP contribution in [0.15, 0.2) is 71.4 Å². The first-order chi connectivity index (χ1) is 9.76. The minimum atomic E-state index is -0.325. The maximum atomic E-state index is 9.86. The van der Waals surface area contributed by atoms with Crippen LogP contribution < -0.4 is 0 Å². The van der Waals surface area contributed by atoms with Crippen LogP contribution >= 0.6 is 0 Å². The summed E-state index contributed by atoms with van der Waals surface area (Å²) in [6.07, 6.45) is 14.7. The van der Waals surface area contributed by atoms with Crippen LogP contribution in [-0.4, -0.2) is 11.2 Å². The van der Waals surface area contributed by atoms with Gasteiger partial charge in [-0.05, 0) is 43.8 Å². The van der Waals surface area contributed by atoms with Gasteiger partial charge in [-0.15, -0.1) is 0 Å². The largest absolute Gasteiger partial charge is 0.389 e. The highest BCUT2D eigenvalue weighted by Crippen LogP contribution is 2.40. The van der Waals surface area contributed by atoms with Gasteiger partial charge in [0.15, 0.2) is 0 Å². The van der Waals surface area contributed by atoms with Gasteiger partial charge in [-0.3, -0.25) is 0 Å². The maximum absolute atomic E-state index is 9.86. The van der Waals surface area contributed by atoms with Gasteiger partial charge in [0.2, 0.25) is 0 Å². The molecule has 0 fully saturated rings. The third kappa shape index (κ3) is 5.35. The van der Waals surface area contributed by atoms with Crippen LogP contribution in [0.25, 0.3) is 0 Å². The number of hydrogen-bond donors (Lipinski definition) is 1. The fourth-order valence-corrected chi connectivity index (χ4v) is 2.65. The molecule has 0 radical (unpaired) electrons. The molecule has 0 aromatic heterocycles. The maximum Gasteiger partial charge on any atom is 0.0734 e. The van der Waals surface area contributed by atoms with Crippen LogP contribution in [0, 0.1) is 5.41 Å². The molecule has 0 aromatic carbocycles. The summed E-state index contributed by atoms with van der Waals surface area (Å²) in [5.74, 6) is 0. The van der Waals surface area contributed by atoms with E-state index in [0.29, 0.717) is 0 Å². The molecular formula is C20H28O. The molecule has 0 saturated heterocycles. The van der Waals surface area contributed by atoms with Crippen molar-refractivity contribution < 1.29 is 5.11 Å². The van der Waals surface area contributed by atoms with Crippen LogP contribution in [0.4, 0.5) is 0 Å². The topological polar surface area (TPSA) is 20.2 Å². The summed E-state index contributed by atoms with van der Waals surface area (Å²) >= 11 is 0. The zero-order valence-corrected chi connectivity index (χ0v) is 14.0. The Kier molecular flexibility index (Phi) is 6.17. The van der Waals surface area contributed by atoms with Crippen LogP contribution in [0.5, 0.6) is 0 Å². The van der Waals surface area contributed by atoms with Gasteiger partial charge in [0.1, 0.15) is 0 Å². The molecule has 0 spiro atoms. The van der Waals surface area contributed by atoms with Gasteiger partial charge in [0, 0.05) is 0 Å². The SMILES string of the molecule is C=CC(C)=CC=CC(C)=CC=C1C(C)=CC(O)CC1(C)C. The van der Waals surface area contributed by atoms with E-state index in [9.17, 15) is 5.11 Å². The molecule has 1 heteroatoms. The quantitative estimate of drug-likeness (QED) is 0.696. The molecule has 0 saturated carbocycles. The van der Waals surface area contributed by atoms with Crippen molar-refractivity contribution >= 4 is 0 Å². The highest BCUT2D eigenvalue weighted by molar-refractivity contribution is 5.41. The first kappa shape index (κ1) is 17.5. The third-order valence-corrected chi connectivity index (χ3v) is 3.87. The fraction of sp³-hybridized carbons (Fsp3) is 0.400. The highest BCUT2D eigenvalue weighted by atomic mass is 16.3. The highest BCUT2D eigenvalue weighted by Gasteiger charge is 2.30. The molecule has 114 valence electrons. The third-order valence-electron chi connectivity index (χ3n) is 3.87. The van der Waals surface area contributed by atoms with Gasteiger partial charge < -0.3 is 5.11 Å². The van der Waals surface area contributed by atoms with E-state index in [0.717, 1.165) is 12.0 Å². The van der Waals surface area contributed by atoms with Gasteiger partial charge in [0.05, 0.1) is 6.10 Å². The van der Waals surface area contributed by atoms with E-state index in [2.05, 4.69) is 52.5 Å². The molecule has 0 amide bonds. The predicted octanol–water partition coefficient (Wildman–Crippen LogP) is 5.28. The Labute approximate surface area is 129 Å².